The van der Waals surface area contributed by atoms with Crippen LogP contribution in [0.15, 0.2) is 28.7 Å². The fraction of sp³-hybridized carbons (Fsp3) is 0.444. The van der Waals surface area contributed by atoms with Crippen LogP contribution in [0.3, 0.4) is 0 Å². The molecular weight excluding hydrogens is 293 g/mol. The third-order valence-corrected chi connectivity index (χ3v) is 8.04. The lowest BCUT2D eigenvalue weighted by molar-refractivity contribution is 0.395. The molecule has 4 heteroatoms. The normalized spacial score (nSPS) is 22.5. The van der Waals surface area contributed by atoms with Gasteiger partial charge in [0, 0.05) is 22.8 Å². The van der Waals surface area contributed by atoms with Gasteiger partial charge in [-0.05, 0) is 19.4 Å². The van der Waals surface area contributed by atoms with Gasteiger partial charge in [-0.3, -0.25) is 0 Å². The molecule has 0 saturated heterocycles. The van der Waals surface area contributed by atoms with Crippen molar-refractivity contribution in [1.29, 1.82) is 0 Å². The maximum Gasteiger partial charge on any atom is 0.148 e. The fourth-order valence-corrected chi connectivity index (χ4v) is 6.67. The second-order valence-electron chi connectivity index (χ2n) is 6.91. The molecule has 22 heavy (non-hydrogen) atoms. The first kappa shape index (κ1) is 15.4. The molecule has 0 saturated carbocycles. The molecule has 1 atom stereocenters. The summed E-state index contributed by atoms with van der Waals surface area (Å²) in [5.41, 5.74) is 7.75. The van der Waals surface area contributed by atoms with Gasteiger partial charge in [0.05, 0.1) is 11.0 Å². The molecular formula is C18H24NO2P. The minimum absolute atomic E-state index is 0.176. The number of rotatable bonds is 2. The first-order valence-corrected chi connectivity index (χ1v) is 9.76. The summed E-state index contributed by atoms with van der Waals surface area (Å²) in [6.07, 6.45) is 0.564. The lowest BCUT2D eigenvalue weighted by Crippen LogP contribution is -2.39. The summed E-state index contributed by atoms with van der Waals surface area (Å²) in [4.78, 5) is 0. The molecule has 0 amide bonds. The van der Waals surface area contributed by atoms with Gasteiger partial charge in [-0.15, -0.1) is 0 Å². The third kappa shape index (κ3) is 1.78. The average molecular weight is 317 g/mol. The molecule has 0 radical (unpaired) electrons. The molecule has 118 valence electrons. The van der Waals surface area contributed by atoms with Crippen LogP contribution in [0.25, 0.3) is 0 Å². The molecule has 2 heterocycles. The molecule has 0 fully saturated rings. The monoisotopic (exact) mass is 317 g/mol. The smallest absolute Gasteiger partial charge is 0.148 e. The number of furan rings is 1. The van der Waals surface area contributed by atoms with Crippen LogP contribution in [0.5, 0.6) is 0 Å². The minimum Gasteiger partial charge on any atom is -0.462 e. The van der Waals surface area contributed by atoms with Crippen molar-refractivity contribution < 1.29 is 8.98 Å². The summed E-state index contributed by atoms with van der Waals surface area (Å²) in [5, 5.41) is 1.71. The quantitative estimate of drug-likeness (QED) is 0.853. The van der Waals surface area contributed by atoms with Crippen LogP contribution in [0, 0.1) is 0 Å². The Bertz CT molecular complexity index is 786. The Morgan fingerprint density at radius 1 is 1.27 bits per heavy atom. The SMILES string of the molecule is CCP1(=O)c2ccccc2C(C)(C)c2oc(C(C)C)c(N)c21. The van der Waals surface area contributed by atoms with E-state index in [9.17, 15) is 4.57 Å². The van der Waals surface area contributed by atoms with Crippen LogP contribution < -0.4 is 16.3 Å². The highest BCUT2D eigenvalue weighted by molar-refractivity contribution is 7.79. The Morgan fingerprint density at radius 2 is 1.91 bits per heavy atom. The zero-order valence-electron chi connectivity index (χ0n) is 13.9. The van der Waals surface area contributed by atoms with E-state index in [0.29, 0.717) is 11.8 Å². The summed E-state index contributed by atoms with van der Waals surface area (Å²) in [7, 11) is -2.73. The van der Waals surface area contributed by atoms with E-state index >= 15 is 0 Å². The van der Waals surface area contributed by atoms with E-state index in [-0.39, 0.29) is 11.3 Å². The Labute approximate surface area is 132 Å². The van der Waals surface area contributed by atoms with Crippen LogP contribution in [-0.4, -0.2) is 6.16 Å². The summed E-state index contributed by atoms with van der Waals surface area (Å²) in [6, 6.07) is 8.02. The van der Waals surface area contributed by atoms with Gasteiger partial charge in [-0.2, -0.15) is 0 Å². The van der Waals surface area contributed by atoms with Gasteiger partial charge >= 0.3 is 0 Å². The van der Waals surface area contributed by atoms with E-state index in [4.69, 9.17) is 10.2 Å². The maximum absolute atomic E-state index is 13.9. The number of fused-ring (bicyclic) bond motifs is 2. The Kier molecular flexibility index (Phi) is 3.34. The lowest BCUT2D eigenvalue weighted by Gasteiger charge is -2.35. The van der Waals surface area contributed by atoms with Crippen LogP contribution in [-0.2, 0) is 9.98 Å². The number of benzene rings is 1. The number of anilines is 1. The molecule has 1 aromatic carbocycles. The second kappa shape index (κ2) is 4.76. The van der Waals surface area contributed by atoms with E-state index < -0.39 is 7.14 Å². The standard InChI is InChI=1S/C18H24NO2P/c1-6-22(20)13-10-8-7-9-12(13)18(4,5)17-16(22)14(19)15(21-17)11(2)3/h7-11H,6,19H2,1-5H3. The molecule has 0 aliphatic carbocycles. The fourth-order valence-electron chi connectivity index (χ4n) is 3.55. The largest absolute Gasteiger partial charge is 0.462 e. The van der Waals surface area contributed by atoms with Crippen LogP contribution in [0.2, 0.25) is 0 Å². The van der Waals surface area contributed by atoms with Crippen molar-refractivity contribution in [3.05, 3.63) is 41.3 Å². The molecule has 1 aliphatic rings. The van der Waals surface area contributed by atoms with Crippen molar-refractivity contribution in [2.45, 2.75) is 46.0 Å². The first-order valence-electron chi connectivity index (χ1n) is 7.87. The molecule has 1 aromatic heterocycles. The van der Waals surface area contributed by atoms with E-state index in [1.807, 2.05) is 25.1 Å². The minimum atomic E-state index is -2.73. The topological polar surface area (TPSA) is 56.2 Å². The maximum atomic E-state index is 13.9. The van der Waals surface area contributed by atoms with Crippen molar-refractivity contribution in [2.24, 2.45) is 0 Å². The highest BCUT2D eigenvalue weighted by Crippen LogP contribution is 2.55. The van der Waals surface area contributed by atoms with Crippen molar-refractivity contribution in [1.82, 2.24) is 0 Å². The van der Waals surface area contributed by atoms with Crippen molar-refractivity contribution in [3.63, 3.8) is 0 Å². The van der Waals surface area contributed by atoms with Crippen molar-refractivity contribution in [2.75, 3.05) is 11.9 Å². The molecule has 1 unspecified atom stereocenters. The van der Waals surface area contributed by atoms with Gasteiger partial charge in [0.1, 0.15) is 18.7 Å². The molecule has 3 rings (SSSR count). The number of nitrogens with two attached hydrogens (primary N) is 1. The van der Waals surface area contributed by atoms with Crippen molar-refractivity contribution >= 4 is 23.4 Å². The first-order chi connectivity index (χ1) is 10.2. The van der Waals surface area contributed by atoms with E-state index in [2.05, 4.69) is 33.8 Å². The predicted molar refractivity (Wildman–Crippen MR) is 93.2 cm³/mol. The molecule has 0 spiro atoms. The molecule has 2 aromatic rings. The zero-order valence-corrected chi connectivity index (χ0v) is 14.8. The Morgan fingerprint density at radius 3 is 2.50 bits per heavy atom. The summed E-state index contributed by atoms with van der Waals surface area (Å²) >= 11 is 0. The Hall–Kier alpha value is -1.47. The van der Waals surface area contributed by atoms with Gasteiger partial charge in [0.15, 0.2) is 0 Å². The van der Waals surface area contributed by atoms with Crippen molar-refractivity contribution in [3.8, 4) is 0 Å². The highest BCUT2D eigenvalue weighted by Gasteiger charge is 2.47. The van der Waals surface area contributed by atoms with E-state index in [1.54, 1.807) is 0 Å². The zero-order chi connectivity index (χ0) is 16.3. The van der Waals surface area contributed by atoms with Gasteiger partial charge in [-0.1, -0.05) is 45.0 Å². The number of hydrogen-bond acceptors (Lipinski definition) is 3. The second-order valence-corrected chi connectivity index (χ2v) is 9.95. The van der Waals surface area contributed by atoms with Crippen LogP contribution in [0.4, 0.5) is 5.69 Å². The van der Waals surface area contributed by atoms with Gasteiger partial charge in [0.25, 0.3) is 0 Å². The van der Waals surface area contributed by atoms with Gasteiger partial charge in [-0.25, -0.2) is 0 Å². The molecule has 3 nitrogen and oxygen atoms in total. The highest BCUT2D eigenvalue weighted by atomic mass is 31.2. The number of nitrogen functional groups attached to an aromatic ring is 1. The van der Waals surface area contributed by atoms with E-state index in [0.717, 1.165) is 27.7 Å². The average Bonchev–Trinajstić information content (AvgIpc) is 2.85. The summed E-state index contributed by atoms with van der Waals surface area (Å²) in [6.45, 7) is 10.3. The van der Waals surface area contributed by atoms with E-state index in [1.165, 1.54) is 0 Å². The summed E-state index contributed by atoms with van der Waals surface area (Å²) in [5.74, 6) is 1.73. The van der Waals surface area contributed by atoms with Gasteiger partial charge < -0.3 is 14.7 Å². The number of hydrogen-bond donors (Lipinski definition) is 1. The molecule has 0 bridgehead atoms. The predicted octanol–water partition coefficient (Wildman–Crippen LogP) is 3.96. The summed E-state index contributed by atoms with van der Waals surface area (Å²) < 4.78 is 20.0. The lowest BCUT2D eigenvalue weighted by atomic mass is 9.82. The third-order valence-electron chi connectivity index (χ3n) is 4.81. The van der Waals surface area contributed by atoms with Crippen LogP contribution in [0.1, 0.15) is 57.6 Å². The van der Waals surface area contributed by atoms with Crippen LogP contribution >= 0.6 is 7.14 Å². The van der Waals surface area contributed by atoms with Gasteiger partial charge in [0.2, 0.25) is 0 Å². The molecule has 2 N–H and O–H groups in total. The molecule has 1 aliphatic heterocycles. The Balaban J connectivity index is 2.44.